The van der Waals surface area contributed by atoms with E-state index in [4.69, 9.17) is 80.1 Å². The van der Waals surface area contributed by atoms with E-state index in [9.17, 15) is 13.2 Å². The topological polar surface area (TPSA) is 372 Å². The number of nitrogens with one attached hydrogen (secondary N) is 3. The fraction of sp³-hybridized carbons (Fsp3) is 0.410. The number of unbranched alkanes of at least 4 members (excludes halogenated alkanes) is 3. The summed E-state index contributed by atoms with van der Waals surface area (Å²) < 4.78 is 70.9. The van der Waals surface area contributed by atoms with Gasteiger partial charge in [-0.3, -0.25) is 29.5 Å². The highest BCUT2D eigenvalue weighted by molar-refractivity contribution is 9.10. The number of hydroxylamine groups is 3. The molecule has 9 aromatic rings. The Kier molecular flexibility index (Phi) is 34.7. The number of nitrogen functional groups attached to an aromatic ring is 3. The first-order chi connectivity index (χ1) is 56.2. The quantitative estimate of drug-likeness (QED) is 0.0150. The lowest BCUT2D eigenvalue weighted by Gasteiger charge is -2.36. The number of halogens is 5. The highest BCUT2D eigenvalue weighted by atomic mass is 79.9. The maximum Gasteiger partial charge on any atom is 0.513 e. The van der Waals surface area contributed by atoms with Crippen molar-refractivity contribution in [2.24, 2.45) is 15.0 Å². The van der Waals surface area contributed by atoms with Crippen LogP contribution in [0.1, 0.15) is 152 Å². The zero-order valence-electron chi connectivity index (χ0n) is 67.4. The van der Waals surface area contributed by atoms with Crippen molar-refractivity contribution in [2.45, 2.75) is 143 Å². The van der Waals surface area contributed by atoms with Crippen molar-refractivity contribution in [1.82, 2.24) is 56.3 Å². The molecule has 35 heteroatoms. The van der Waals surface area contributed by atoms with Crippen LogP contribution in [-0.4, -0.2) is 163 Å². The number of methoxy groups -OCH3 is 2. The van der Waals surface area contributed by atoms with Gasteiger partial charge in [0.05, 0.1) is 114 Å². The molecule has 1 saturated heterocycles. The van der Waals surface area contributed by atoms with Crippen LogP contribution >= 0.6 is 31.9 Å². The van der Waals surface area contributed by atoms with Gasteiger partial charge < -0.3 is 55.5 Å². The Bertz CT molecular complexity index is 4900. The van der Waals surface area contributed by atoms with Crippen molar-refractivity contribution >= 4 is 93.9 Å². The highest BCUT2D eigenvalue weighted by Gasteiger charge is 2.38. The summed E-state index contributed by atoms with van der Waals surface area (Å²) in [6, 6.07) is 34.0. The molecule has 0 bridgehead atoms. The first kappa shape index (κ1) is 92.2. The number of hydrogen-bond acceptors (Lipinski definition) is 28. The number of amidine groups is 3. The van der Waals surface area contributed by atoms with Crippen LogP contribution < -0.4 is 53.6 Å². The number of aryl methyl sites for hydroxylation is 3. The maximum atomic E-state index is 14.3. The molecule has 0 amide bonds. The highest BCUT2D eigenvalue weighted by Crippen LogP contribution is 2.40. The number of hydrogen-bond donors (Lipinski definition) is 8. The van der Waals surface area contributed by atoms with Gasteiger partial charge in [-0.2, -0.15) is 0 Å². The molecule has 630 valence electrons. The molecule has 4 aliphatic rings. The maximum absolute atomic E-state index is 14.3. The third kappa shape index (κ3) is 25.4. The number of aromatic nitrogens is 8. The molecule has 0 aliphatic carbocycles. The Balaban J connectivity index is 0.000000181. The Morgan fingerprint density at radius 1 is 0.517 bits per heavy atom. The van der Waals surface area contributed by atoms with Crippen molar-refractivity contribution in [3.05, 3.63) is 215 Å². The van der Waals surface area contributed by atoms with Crippen LogP contribution in [0.25, 0.3) is 11.3 Å². The Labute approximate surface area is 705 Å². The molecule has 3 atom stereocenters. The zero-order chi connectivity index (χ0) is 83.8. The SMILES string of the molecule is C.COc1cccc(-c2cc(F)ccc2[C@H]2Cc3nc(N)nc(C)c3C(NOCCCCO)=N2)n1.COc1cccc(B2OCCN(c3ccccc3)CCO2)n1.Cc1nc(N)nc2c1C(NOCCCCO)=N[C@@H](c1ccc(F)cc1Br)C2.Cc1nc(N)nc2c1C(NOCCCCO[Si](C)(C)C(C)(C)C)=N[C@@H](c1ccc(F)cc1Br)C2. The van der Waals surface area contributed by atoms with Gasteiger partial charge in [0.25, 0.3) is 0 Å². The minimum absolute atomic E-state index is 0. The second-order valence-corrected chi connectivity index (χ2v) is 35.7. The molecule has 28 nitrogen and oxygen atoms in total. The average molecular weight is 1770 g/mol. The number of rotatable bonds is 25. The number of anilines is 4. The van der Waals surface area contributed by atoms with E-state index in [2.05, 4.69) is 139 Å². The minimum atomic E-state index is -1.73. The lowest BCUT2D eigenvalue weighted by atomic mass is 9.83. The number of aliphatic hydroxyl groups excluding tert-OH is 2. The predicted octanol–water partition coefficient (Wildman–Crippen LogP) is 13.1. The standard InChI is InChI=1S/C24H35BrFN5O2Si.C24H27FN6O3.C18H21BrFN5O2.C16H19BN2O3.CH4/c1-15-21-20(30-23(27)28-15)14-19(17-10-9-16(26)13-18(17)25)29-22(21)31-32-11-7-8-12-33-34(5,6)24(2,3)4;1-14-22-20(30-24(26)27-14)13-19(29-23(22)31-34-11-4-3-10-32)16-9-8-15(25)12-17(16)18-6-5-7-21(28-18)33-2;1-10-16-15(24-18(21)22-10)9-14(12-5-4-11(20)8-13(12)19)23-17(16)25-27-7-3-2-6-26;1-20-16-9-5-8-15(18-16)17-21-12-10-19(11-13-22-17)14-6-3-2-4-7-14;/h9-10,13,19H,7-8,11-12,14H2,1-6H3,(H,29,31)(H2,27,28,30);5-9,12,19,32H,3-4,10-11,13H2,1-2H3,(H,29,31)(H2,26,27,30);4-5,8,14,26H,2-3,6-7,9H2,1H3,(H,23,25)(H2,21,22,24);2-9H,10-13H2,1H3;1H4/t2*19-;14-;;/m111../s1. The lowest BCUT2D eigenvalue weighted by Crippen LogP contribution is -2.45. The predicted molar refractivity (Wildman–Crippen MR) is 463 cm³/mol. The smallest absolute Gasteiger partial charge is 0.481 e. The second-order valence-electron chi connectivity index (χ2n) is 29.2. The fourth-order valence-corrected chi connectivity index (χ4v) is 15.2. The molecule has 1 fully saturated rings. The molecule has 0 radical (unpaired) electrons. The van der Waals surface area contributed by atoms with Gasteiger partial charge in [-0.1, -0.05) is 109 Å². The Morgan fingerprint density at radius 2 is 0.924 bits per heavy atom. The molecule has 0 saturated carbocycles. The van der Waals surface area contributed by atoms with Crippen molar-refractivity contribution < 1.29 is 61.1 Å². The van der Waals surface area contributed by atoms with E-state index in [0.717, 1.165) is 94.3 Å². The molecule has 13 rings (SSSR count). The molecule has 5 aromatic heterocycles. The fourth-order valence-electron chi connectivity index (χ4n) is 12.9. The first-order valence-corrected chi connectivity index (χ1v) is 43.1. The van der Waals surface area contributed by atoms with Gasteiger partial charge in [0.1, 0.15) is 17.5 Å². The summed E-state index contributed by atoms with van der Waals surface area (Å²) in [4.78, 5) is 68.5. The van der Waals surface area contributed by atoms with Crippen LogP contribution in [0, 0.1) is 38.2 Å². The summed E-state index contributed by atoms with van der Waals surface area (Å²) in [7, 11) is 0.971. The summed E-state index contributed by atoms with van der Waals surface area (Å²) in [6.45, 7) is 21.9. The number of fused-ring (bicyclic) bond motifs is 3. The normalized spacial score (nSPS) is 15.6. The molecule has 118 heavy (non-hydrogen) atoms. The monoisotopic (exact) mass is 1770 g/mol. The van der Waals surface area contributed by atoms with Crippen LogP contribution in [-0.2, 0) is 47.5 Å². The van der Waals surface area contributed by atoms with E-state index >= 15 is 0 Å². The van der Waals surface area contributed by atoms with Crippen LogP contribution in [0.2, 0.25) is 18.1 Å². The number of aliphatic imine (C=N–C) groups is 3. The number of para-hydroxylation sites is 1. The third-order valence-electron chi connectivity index (χ3n) is 19.8. The number of pyridine rings is 2. The first-order valence-electron chi connectivity index (χ1n) is 38.6. The second kappa shape index (κ2) is 44.4. The molecule has 0 unspecified atom stereocenters. The minimum Gasteiger partial charge on any atom is -0.481 e. The molecule has 0 spiro atoms. The number of nitrogens with two attached hydrogens (primary N) is 3. The van der Waals surface area contributed by atoms with Gasteiger partial charge in [-0.15, -0.1) is 0 Å². The Hall–Kier alpha value is -9.66. The van der Waals surface area contributed by atoms with Crippen LogP contribution in [0.15, 0.2) is 145 Å². The molecule has 4 aliphatic heterocycles. The number of nitrogens with zero attached hydrogens (tertiary/aromatic N) is 12. The van der Waals surface area contributed by atoms with E-state index in [0.29, 0.717) is 139 Å². The van der Waals surface area contributed by atoms with Gasteiger partial charge in [0.15, 0.2) is 25.8 Å². The zero-order valence-corrected chi connectivity index (χ0v) is 71.6. The van der Waals surface area contributed by atoms with Crippen molar-refractivity contribution in [1.29, 1.82) is 0 Å². The van der Waals surface area contributed by atoms with Crippen molar-refractivity contribution in [3.8, 4) is 23.0 Å². The summed E-state index contributed by atoms with van der Waals surface area (Å²) in [5.41, 5.74) is 38.8. The molecule has 4 aromatic carbocycles. The van der Waals surface area contributed by atoms with E-state index in [1.54, 1.807) is 43.5 Å². The summed E-state index contributed by atoms with van der Waals surface area (Å²) in [5.74, 6) is 2.13. The lowest BCUT2D eigenvalue weighted by molar-refractivity contribution is 0.0784. The van der Waals surface area contributed by atoms with Crippen molar-refractivity contribution in [2.75, 3.05) is 102 Å². The van der Waals surface area contributed by atoms with E-state index < -0.39 is 21.5 Å². The summed E-state index contributed by atoms with van der Waals surface area (Å²) >= 11 is 6.87. The number of ether oxygens (including phenoxy) is 2. The largest absolute Gasteiger partial charge is 0.513 e. The molecule has 9 heterocycles. The average Bonchev–Trinajstić information content (AvgIpc) is 0.782. The number of aliphatic hydroxyl groups is 2. The number of benzene rings is 4. The Morgan fingerprint density at radius 3 is 1.36 bits per heavy atom. The van der Waals surface area contributed by atoms with Crippen LogP contribution in [0.5, 0.6) is 11.8 Å². The van der Waals surface area contributed by atoms with Gasteiger partial charge in [0, 0.05) is 97.7 Å². The molecule has 11 N–H and O–H groups in total. The van der Waals surface area contributed by atoms with Crippen LogP contribution in [0.3, 0.4) is 0 Å². The van der Waals surface area contributed by atoms with Gasteiger partial charge in [-0.05, 0) is 155 Å². The summed E-state index contributed by atoms with van der Waals surface area (Å²) in [6.07, 6.45) is 5.97. The van der Waals surface area contributed by atoms with E-state index in [1.807, 2.05) is 57.2 Å². The molecular weight excluding hydrogens is 1660 g/mol. The van der Waals surface area contributed by atoms with E-state index in [1.165, 1.54) is 49.2 Å². The van der Waals surface area contributed by atoms with Gasteiger partial charge in [0.2, 0.25) is 29.6 Å². The summed E-state index contributed by atoms with van der Waals surface area (Å²) in [5, 5.41) is 18.0. The molecular formula is C83H106BBr2F3N18O10Si. The van der Waals surface area contributed by atoms with Crippen molar-refractivity contribution in [3.63, 3.8) is 0 Å². The van der Waals surface area contributed by atoms with Gasteiger partial charge in [-0.25, -0.2) is 69.5 Å². The van der Waals surface area contributed by atoms with Gasteiger partial charge >= 0.3 is 7.12 Å². The van der Waals surface area contributed by atoms with Crippen LogP contribution in [0.4, 0.5) is 36.7 Å². The third-order valence-corrected chi connectivity index (χ3v) is 25.7. The van der Waals surface area contributed by atoms with E-state index in [-0.39, 0.29) is 73.1 Å².